The number of carbonyl (C=O) groups excluding carboxylic acids is 3. The van der Waals surface area contributed by atoms with Crippen LogP contribution in [0.5, 0.6) is 5.75 Å². The third-order valence-electron chi connectivity index (χ3n) is 7.97. The van der Waals surface area contributed by atoms with Crippen LogP contribution in [0.3, 0.4) is 0 Å². The van der Waals surface area contributed by atoms with E-state index in [0.29, 0.717) is 16.7 Å². The minimum atomic E-state index is -2.72. The molecular formula is C27H25N3O9. The third kappa shape index (κ3) is 3.56. The van der Waals surface area contributed by atoms with Crippen LogP contribution in [0.4, 0.5) is 5.69 Å². The molecule has 2 aromatic rings. The van der Waals surface area contributed by atoms with Crippen molar-refractivity contribution in [2.24, 2.45) is 17.6 Å². The maximum atomic E-state index is 13.9. The summed E-state index contributed by atoms with van der Waals surface area (Å²) in [4.78, 5) is 51.3. The standard InChI is InChI=1S/C27H25N3O9/c1-29(2)21-16-10-12-9-15-14(11-4-3-5-13(8-11)30(38)39)6-7-17(31)19(15)22(32)18(12)24(34)27(16,37)25(35)20(23(21)33)26(28)36/h3-8,12,16,21,31-32,35,37H,9-10H2,1-2H3,(H2,28,36)/t12-,16+,21-,27+/m1/s1. The Hall–Kier alpha value is -4.55. The number of hydrogen-bond donors (Lipinski definition) is 5. The molecule has 0 unspecified atom stereocenters. The van der Waals surface area contributed by atoms with E-state index in [1.807, 2.05) is 0 Å². The molecule has 1 saturated carbocycles. The highest BCUT2D eigenvalue weighted by atomic mass is 16.6. The monoisotopic (exact) mass is 535 g/mol. The number of ketones is 2. The second-order valence-electron chi connectivity index (χ2n) is 10.3. The van der Waals surface area contributed by atoms with Gasteiger partial charge in [-0.15, -0.1) is 0 Å². The van der Waals surface area contributed by atoms with Crippen molar-refractivity contribution in [2.45, 2.75) is 24.5 Å². The fraction of sp³-hybridized carbons (Fsp3) is 0.296. The number of carbonyl (C=O) groups is 3. The van der Waals surface area contributed by atoms with Gasteiger partial charge in [0.2, 0.25) is 5.78 Å². The summed E-state index contributed by atoms with van der Waals surface area (Å²) in [5.41, 5.74) is 2.54. The minimum absolute atomic E-state index is 0.0597. The van der Waals surface area contributed by atoms with E-state index in [0.717, 1.165) is 0 Å². The zero-order chi connectivity index (χ0) is 28.5. The predicted molar refractivity (Wildman–Crippen MR) is 136 cm³/mol. The molecule has 0 saturated heterocycles. The Morgan fingerprint density at radius 2 is 1.85 bits per heavy atom. The number of Topliss-reactive ketones (excluding diaryl/α,β-unsaturated/α-hetero) is 2. The highest BCUT2D eigenvalue weighted by molar-refractivity contribution is 6.24. The molecule has 1 amide bonds. The Kier molecular flexibility index (Phi) is 5.85. The molecular weight excluding hydrogens is 510 g/mol. The molecule has 0 heterocycles. The molecule has 1 fully saturated rings. The summed E-state index contributed by atoms with van der Waals surface area (Å²) < 4.78 is 0. The molecule has 12 nitrogen and oxygen atoms in total. The van der Waals surface area contributed by atoms with Gasteiger partial charge >= 0.3 is 0 Å². The number of aliphatic hydroxyl groups excluding tert-OH is 2. The van der Waals surface area contributed by atoms with Gasteiger partial charge in [0.15, 0.2) is 11.4 Å². The average molecular weight is 536 g/mol. The lowest BCUT2D eigenvalue weighted by molar-refractivity contribution is -0.384. The molecule has 4 atom stereocenters. The topological polar surface area (TPSA) is 205 Å². The number of fused-ring (bicyclic) bond motifs is 3. The van der Waals surface area contributed by atoms with Crippen LogP contribution >= 0.6 is 0 Å². The number of amides is 1. The number of non-ortho nitro benzene ring substituents is 1. The first-order valence-electron chi connectivity index (χ1n) is 12.0. The lowest BCUT2D eigenvalue weighted by atomic mass is 9.57. The first-order chi connectivity index (χ1) is 18.3. The van der Waals surface area contributed by atoms with E-state index in [2.05, 4.69) is 0 Å². The number of rotatable bonds is 4. The van der Waals surface area contributed by atoms with Crippen molar-refractivity contribution in [3.05, 3.63) is 74.5 Å². The summed E-state index contributed by atoms with van der Waals surface area (Å²) in [7, 11) is 3.04. The second kappa shape index (κ2) is 8.75. The van der Waals surface area contributed by atoms with Gasteiger partial charge in [0.1, 0.15) is 22.8 Å². The summed E-state index contributed by atoms with van der Waals surface area (Å²) in [6.45, 7) is 0. The van der Waals surface area contributed by atoms with Crippen molar-refractivity contribution >= 4 is 28.9 Å². The van der Waals surface area contributed by atoms with Crippen LogP contribution in [0, 0.1) is 22.0 Å². The number of hydrogen-bond acceptors (Lipinski definition) is 10. The minimum Gasteiger partial charge on any atom is -0.508 e. The van der Waals surface area contributed by atoms with Gasteiger partial charge in [-0.2, -0.15) is 0 Å². The predicted octanol–water partition coefficient (Wildman–Crippen LogP) is 1.54. The maximum Gasteiger partial charge on any atom is 0.270 e. The third-order valence-corrected chi connectivity index (χ3v) is 7.97. The van der Waals surface area contributed by atoms with Crippen molar-refractivity contribution in [1.82, 2.24) is 4.90 Å². The number of primary amides is 1. The normalized spacial score (nSPS) is 26.3. The molecule has 3 aliphatic rings. The number of benzene rings is 2. The van der Waals surface area contributed by atoms with Crippen molar-refractivity contribution in [1.29, 1.82) is 0 Å². The van der Waals surface area contributed by atoms with E-state index in [-0.39, 0.29) is 35.4 Å². The SMILES string of the molecule is CN(C)[C@H]1C(=O)C(C(N)=O)=C(O)[C@@]2(O)C(=O)C3=C(O)c4c(O)ccc(-c5cccc([N+](=O)[O-])c5)c4C[C@@H]3C[C@@H]12. The Morgan fingerprint density at radius 3 is 2.46 bits per heavy atom. The van der Waals surface area contributed by atoms with E-state index >= 15 is 0 Å². The highest BCUT2D eigenvalue weighted by Crippen LogP contribution is 2.53. The number of phenols is 1. The molecule has 0 radical (unpaired) electrons. The summed E-state index contributed by atoms with van der Waals surface area (Å²) in [5.74, 6) is -7.37. The quantitative estimate of drug-likeness (QED) is 0.217. The van der Waals surface area contributed by atoms with Crippen LogP contribution < -0.4 is 5.73 Å². The number of aromatic hydroxyl groups is 1. The summed E-state index contributed by atoms with van der Waals surface area (Å²) in [6, 6.07) is 7.45. The van der Waals surface area contributed by atoms with Gasteiger partial charge in [0, 0.05) is 23.6 Å². The molecule has 6 N–H and O–H groups in total. The van der Waals surface area contributed by atoms with Gasteiger partial charge in [-0.3, -0.25) is 29.4 Å². The number of aliphatic hydroxyl groups is 3. The number of nitrogens with zero attached hydrogens (tertiary/aromatic N) is 2. The van der Waals surface area contributed by atoms with Crippen molar-refractivity contribution < 1.29 is 39.7 Å². The van der Waals surface area contributed by atoms with Gasteiger partial charge in [-0.1, -0.05) is 18.2 Å². The maximum absolute atomic E-state index is 13.9. The lowest BCUT2D eigenvalue weighted by Crippen LogP contribution is -2.65. The molecule has 5 rings (SSSR count). The van der Waals surface area contributed by atoms with E-state index in [1.54, 1.807) is 12.1 Å². The van der Waals surface area contributed by atoms with Crippen LogP contribution in [-0.4, -0.2) is 73.5 Å². The van der Waals surface area contributed by atoms with Gasteiger partial charge in [0.25, 0.3) is 11.6 Å². The van der Waals surface area contributed by atoms with Crippen LogP contribution in [0.15, 0.2) is 53.3 Å². The molecule has 0 spiro atoms. The Bertz CT molecular complexity index is 1560. The molecule has 0 aliphatic heterocycles. The summed E-state index contributed by atoms with van der Waals surface area (Å²) in [6.07, 6.45) is 0.0107. The number of nitro groups is 1. The first kappa shape index (κ1) is 26.1. The highest BCUT2D eigenvalue weighted by Gasteiger charge is 2.64. The zero-order valence-corrected chi connectivity index (χ0v) is 20.9. The molecule has 12 heteroatoms. The molecule has 2 aromatic carbocycles. The van der Waals surface area contributed by atoms with E-state index < -0.39 is 63.0 Å². The molecule has 39 heavy (non-hydrogen) atoms. The average Bonchev–Trinajstić information content (AvgIpc) is 2.86. The molecule has 202 valence electrons. The van der Waals surface area contributed by atoms with Gasteiger partial charge in [0.05, 0.1) is 16.5 Å². The largest absolute Gasteiger partial charge is 0.508 e. The molecule has 0 bridgehead atoms. The summed E-state index contributed by atoms with van der Waals surface area (Å²) >= 11 is 0. The van der Waals surface area contributed by atoms with Gasteiger partial charge < -0.3 is 26.2 Å². The first-order valence-corrected chi connectivity index (χ1v) is 12.0. The number of nitro benzene ring substituents is 1. The zero-order valence-electron chi connectivity index (χ0n) is 20.9. The van der Waals surface area contributed by atoms with E-state index in [4.69, 9.17) is 5.73 Å². The number of phenolic OH excluding ortho intramolecular Hbond substituents is 1. The molecule has 3 aliphatic carbocycles. The van der Waals surface area contributed by atoms with E-state index in [1.165, 1.54) is 43.3 Å². The Balaban J connectivity index is 1.73. The smallest absolute Gasteiger partial charge is 0.270 e. The second-order valence-corrected chi connectivity index (χ2v) is 10.3. The van der Waals surface area contributed by atoms with Crippen LogP contribution in [0.25, 0.3) is 16.9 Å². The lowest BCUT2D eigenvalue weighted by Gasteiger charge is -2.50. The van der Waals surface area contributed by atoms with Crippen molar-refractivity contribution in [2.75, 3.05) is 14.1 Å². The molecule has 0 aromatic heterocycles. The van der Waals surface area contributed by atoms with E-state index in [9.17, 15) is 44.9 Å². The van der Waals surface area contributed by atoms with Crippen molar-refractivity contribution in [3.8, 4) is 16.9 Å². The van der Waals surface area contributed by atoms with Crippen molar-refractivity contribution in [3.63, 3.8) is 0 Å². The van der Waals surface area contributed by atoms with Gasteiger partial charge in [-0.05, 0) is 55.6 Å². The Morgan fingerprint density at radius 1 is 1.15 bits per heavy atom. The Labute approximate surface area is 221 Å². The van der Waals surface area contributed by atoms with Gasteiger partial charge in [-0.25, -0.2) is 0 Å². The summed E-state index contributed by atoms with van der Waals surface area (Å²) in [5, 5.41) is 55.9. The fourth-order valence-electron chi connectivity index (χ4n) is 6.30. The van der Waals surface area contributed by atoms with Crippen LogP contribution in [-0.2, 0) is 20.8 Å². The number of nitrogens with two attached hydrogens (primary N) is 1. The van der Waals surface area contributed by atoms with Crippen LogP contribution in [0.1, 0.15) is 17.5 Å². The number of likely N-dealkylation sites (N-methyl/N-ethyl adjacent to an activating group) is 1. The van der Waals surface area contributed by atoms with Crippen LogP contribution in [0.2, 0.25) is 0 Å². The fourth-order valence-corrected chi connectivity index (χ4v) is 6.30.